The summed E-state index contributed by atoms with van der Waals surface area (Å²) in [6.45, 7) is 6.08. The number of hydrogen-bond acceptors (Lipinski definition) is 4. The van der Waals surface area contributed by atoms with Crippen molar-refractivity contribution >= 4 is 22.8 Å². The highest BCUT2D eigenvalue weighted by Gasteiger charge is 2.26. The number of benzene rings is 2. The molecule has 0 aliphatic rings. The number of amides is 2. The minimum atomic E-state index is -0.870. The number of nitrogens with zero attached hydrogens (tertiary/aromatic N) is 2. The van der Waals surface area contributed by atoms with E-state index < -0.39 is 18.0 Å². The molecule has 6 heteroatoms. The minimum absolute atomic E-state index is 0.191. The quantitative estimate of drug-likeness (QED) is 0.600. The first-order valence-corrected chi connectivity index (χ1v) is 9.06. The first kappa shape index (κ1) is 20.2. The molecule has 142 valence electrons. The predicted octanol–water partition coefficient (Wildman–Crippen LogP) is 3.46. The molecule has 0 spiro atoms. The van der Waals surface area contributed by atoms with Crippen molar-refractivity contribution in [3.8, 4) is 6.19 Å². The molecule has 27 heavy (non-hydrogen) atoms. The van der Waals surface area contributed by atoms with Gasteiger partial charge in [0.25, 0.3) is 5.91 Å². The highest BCUT2D eigenvalue weighted by molar-refractivity contribution is 5.87. The highest BCUT2D eigenvalue weighted by Crippen LogP contribution is 2.17. The summed E-state index contributed by atoms with van der Waals surface area (Å²) in [5.41, 5.74) is 0.894. The van der Waals surface area contributed by atoms with Crippen molar-refractivity contribution in [1.82, 2.24) is 10.2 Å². The molecule has 2 rings (SSSR count). The molecule has 2 aromatic rings. The molecule has 1 N–H and O–H groups in total. The molecule has 0 saturated heterocycles. The van der Waals surface area contributed by atoms with Crippen molar-refractivity contribution in [2.24, 2.45) is 5.92 Å². The standard InChI is InChI=1S/C21H25N3O3/c1-4-24(14-22)20(25)19(23-21(26)27-13-15(2)3)12-16-9-10-17-7-5-6-8-18(17)11-16/h5-11,15,19H,4,12-13H2,1-3H3,(H,23,26). The van der Waals surface area contributed by atoms with Crippen LogP contribution in [0.2, 0.25) is 0 Å². The maximum Gasteiger partial charge on any atom is 0.407 e. The third-order valence-corrected chi connectivity index (χ3v) is 4.09. The van der Waals surface area contributed by atoms with Gasteiger partial charge in [-0.05, 0) is 29.2 Å². The van der Waals surface area contributed by atoms with Crippen LogP contribution >= 0.6 is 0 Å². The lowest BCUT2D eigenvalue weighted by atomic mass is 10.0. The van der Waals surface area contributed by atoms with Crippen molar-refractivity contribution in [1.29, 1.82) is 5.26 Å². The topological polar surface area (TPSA) is 82.4 Å². The maximum atomic E-state index is 12.7. The molecule has 0 aliphatic heterocycles. The molecule has 2 amide bonds. The van der Waals surface area contributed by atoms with E-state index in [0.717, 1.165) is 21.2 Å². The second kappa shape index (κ2) is 9.58. The average Bonchev–Trinajstić information content (AvgIpc) is 2.66. The largest absolute Gasteiger partial charge is 0.449 e. The average molecular weight is 367 g/mol. The zero-order valence-corrected chi connectivity index (χ0v) is 15.9. The Morgan fingerprint density at radius 2 is 1.89 bits per heavy atom. The molecule has 6 nitrogen and oxygen atoms in total. The first-order valence-electron chi connectivity index (χ1n) is 9.06. The normalized spacial score (nSPS) is 11.7. The lowest BCUT2D eigenvalue weighted by Gasteiger charge is -2.22. The van der Waals surface area contributed by atoms with Crippen LogP contribution in [-0.2, 0) is 16.0 Å². The van der Waals surface area contributed by atoms with Gasteiger partial charge in [-0.25, -0.2) is 9.69 Å². The van der Waals surface area contributed by atoms with Crippen molar-refractivity contribution < 1.29 is 14.3 Å². The van der Waals surface area contributed by atoms with Gasteiger partial charge in [0.05, 0.1) is 6.61 Å². The number of fused-ring (bicyclic) bond motifs is 1. The molecule has 0 aromatic heterocycles. The summed E-state index contributed by atoms with van der Waals surface area (Å²) in [6.07, 6.45) is 1.48. The number of nitriles is 1. The SMILES string of the molecule is CCN(C#N)C(=O)C(Cc1ccc2ccccc2c1)NC(=O)OCC(C)C. The van der Waals surface area contributed by atoms with E-state index in [2.05, 4.69) is 5.32 Å². The molecule has 1 unspecified atom stereocenters. The van der Waals surface area contributed by atoms with Gasteiger partial charge in [-0.2, -0.15) is 5.26 Å². The lowest BCUT2D eigenvalue weighted by Crippen LogP contribution is -2.48. The Balaban J connectivity index is 2.20. The van der Waals surface area contributed by atoms with E-state index in [4.69, 9.17) is 4.74 Å². The zero-order chi connectivity index (χ0) is 19.8. The van der Waals surface area contributed by atoms with E-state index in [1.165, 1.54) is 0 Å². The third kappa shape index (κ3) is 5.71. The Hall–Kier alpha value is -3.07. The summed E-state index contributed by atoms with van der Waals surface area (Å²) in [5, 5.41) is 13.9. The molecule has 1 atom stereocenters. The molecule has 0 saturated carbocycles. The van der Waals surface area contributed by atoms with Gasteiger partial charge in [0.15, 0.2) is 6.19 Å². The summed E-state index contributed by atoms with van der Waals surface area (Å²) in [5.74, 6) is -0.258. The Morgan fingerprint density at radius 3 is 2.52 bits per heavy atom. The number of hydrogen-bond donors (Lipinski definition) is 1. The number of ether oxygens (including phenoxy) is 1. The number of alkyl carbamates (subject to hydrolysis) is 1. The fourth-order valence-corrected chi connectivity index (χ4v) is 2.69. The number of likely N-dealkylation sites (N-methyl/N-ethyl adjacent to an activating group) is 1. The summed E-state index contributed by atoms with van der Waals surface area (Å²) >= 11 is 0. The maximum absolute atomic E-state index is 12.7. The molecular weight excluding hydrogens is 342 g/mol. The smallest absolute Gasteiger partial charge is 0.407 e. The Morgan fingerprint density at radius 1 is 1.19 bits per heavy atom. The van der Waals surface area contributed by atoms with Crippen LogP contribution in [0.1, 0.15) is 26.3 Å². The molecule has 0 aliphatic carbocycles. The minimum Gasteiger partial charge on any atom is -0.449 e. The molecular formula is C21H25N3O3. The van der Waals surface area contributed by atoms with Gasteiger partial charge < -0.3 is 10.1 Å². The lowest BCUT2D eigenvalue weighted by molar-refractivity contribution is -0.130. The monoisotopic (exact) mass is 367 g/mol. The van der Waals surface area contributed by atoms with Crippen molar-refractivity contribution in [2.45, 2.75) is 33.2 Å². The van der Waals surface area contributed by atoms with Crippen LogP contribution in [0, 0.1) is 17.4 Å². The summed E-state index contributed by atoms with van der Waals surface area (Å²) in [7, 11) is 0. The number of carbonyl (C=O) groups excluding carboxylic acids is 2. The first-order chi connectivity index (χ1) is 12.9. The summed E-state index contributed by atoms with van der Waals surface area (Å²) < 4.78 is 5.14. The number of nitrogens with one attached hydrogen (secondary N) is 1. The van der Waals surface area contributed by atoms with Crippen LogP contribution in [0.15, 0.2) is 42.5 Å². The van der Waals surface area contributed by atoms with Gasteiger partial charge in [-0.15, -0.1) is 0 Å². The molecule has 0 fully saturated rings. The zero-order valence-electron chi connectivity index (χ0n) is 15.9. The van der Waals surface area contributed by atoms with E-state index in [1.54, 1.807) is 6.92 Å². The molecule has 0 bridgehead atoms. The van der Waals surface area contributed by atoms with Gasteiger partial charge >= 0.3 is 6.09 Å². The number of rotatable bonds is 7. The van der Waals surface area contributed by atoms with E-state index in [9.17, 15) is 14.9 Å². The van der Waals surface area contributed by atoms with Crippen LogP contribution in [0.5, 0.6) is 0 Å². The van der Waals surface area contributed by atoms with Gasteiger partial charge in [0.1, 0.15) is 6.04 Å². The van der Waals surface area contributed by atoms with E-state index in [-0.39, 0.29) is 25.5 Å². The van der Waals surface area contributed by atoms with Gasteiger partial charge in [-0.3, -0.25) is 4.79 Å². The van der Waals surface area contributed by atoms with E-state index >= 15 is 0 Å². The van der Waals surface area contributed by atoms with Crippen LogP contribution < -0.4 is 5.32 Å². The second-order valence-electron chi connectivity index (χ2n) is 6.76. The van der Waals surface area contributed by atoms with Gasteiger partial charge in [0, 0.05) is 13.0 Å². The molecule has 2 aromatic carbocycles. The van der Waals surface area contributed by atoms with Crippen molar-refractivity contribution in [2.75, 3.05) is 13.2 Å². The fraction of sp³-hybridized carbons (Fsp3) is 0.381. The van der Waals surface area contributed by atoms with Crippen LogP contribution in [0.25, 0.3) is 10.8 Å². The van der Waals surface area contributed by atoms with Gasteiger partial charge in [0.2, 0.25) is 0 Å². The third-order valence-electron chi connectivity index (χ3n) is 4.09. The van der Waals surface area contributed by atoms with Crippen LogP contribution in [0.4, 0.5) is 4.79 Å². The van der Waals surface area contributed by atoms with Gasteiger partial charge in [-0.1, -0.05) is 56.3 Å². The van der Waals surface area contributed by atoms with Crippen LogP contribution in [-0.4, -0.2) is 36.1 Å². The summed E-state index contributed by atoms with van der Waals surface area (Å²) in [4.78, 5) is 25.8. The van der Waals surface area contributed by atoms with E-state index in [0.29, 0.717) is 0 Å². The Labute approximate surface area is 159 Å². The predicted molar refractivity (Wildman–Crippen MR) is 104 cm³/mol. The Kier molecular flexibility index (Phi) is 7.18. The van der Waals surface area contributed by atoms with Crippen molar-refractivity contribution in [3.05, 3.63) is 48.0 Å². The highest BCUT2D eigenvalue weighted by atomic mass is 16.5. The molecule has 0 heterocycles. The Bertz CT molecular complexity index is 842. The summed E-state index contributed by atoms with van der Waals surface area (Å²) in [6, 6.07) is 12.9. The van der Waals surface area contributed by atoms with Crippen molar-refractivity contribution in [3.63, 3.8) is 0 Å². The van der Waals surface area contributed by atoms with Crippen LogP contribution in [0.3, 0.4) is 0 Å². The van der Waals surface area contributed by atoms with E-state index in [1.807, 2.05) is 62.5 Å². The molecule has 0 radical (unpaired) electrons. The fourth-order valence-electron chi connectivity index (χ4n) is 2.69. The number of carbonyl (C=O) groups is 2. The second-order valence-corrected chi connectivity index (χ2v) is 6.76.